The maximum atomic E-state index is 11.9. The molecule has 0 radical (unpaired) electrons. The van der Waals surface area contributed by atoms with Crippen molar-refractivity contribution in [1.29, 1.82) is 0 Å². The highest BCUT2D eigenvalue weighted by atomic mass is 16.6. The van der Waals surface area contributed by atoms with Crippen LogP contribution in [0.2, 0.25) is 0 Å². The van der Waals surface area contributed by atoms with E-state index in [1.54, 1.807) is 19.1 Å². The summed E-state index contributed by atoms with van der Waals surface area (Å²) in [6.07, 6.45) is -0.731. The van der Waals surface area contributed by atoms with Crippen molar-refractivity contribution in [1.82, 2.24) is 0 Å². The fraction of sp³-hybridized carbons (Fsp3) is 0.318. The van der Waals surface area contributed by atoms with Crippen molar-refractivity contribution < 1.29 is 23.7 Å². The van der Waals surface area contributed by atoms with Gasteiger partial charge in [0.2, 0.25) is 0 Å². The van der Waals surface area contributed by atoms with Crippen LogP contribution in [0, 0.1) is 13.8 Å². The van der Waals surface area contributed by atoms with E-state index in [1.165, 1.54) is 0 Å². The maximum absolute atomic E-state index is 11.9. The normalized spacial score (nSPS) is 13.9. The summed E-state index contributed by atoms with van der Waals surface area (Å²) in [7, 11) is 0. The maximum Gasteiger partial charge on any atom is 0.339 e. The molecule has 7 heteroatoms. The number of benzene rings is 2. The fourth-order valence-corrected chi connectivity index (χ4v) is 3.16. The first kappa shape index (κ1) is 19.1. The highest BCUT2D eigenvalue weighted by Gasteiger charge is 2.13. The molecule has 29 heavy (non-hydrogen) atoms. The molecule has 4 rings (SSSR count). The molecule has 0 fully saturated rings. The van der Waals surface area contributed by atoms with E-state index >= 15 is 0 Å². The van der Waals surface area contributed by atoms with E-state index in [2.05, 4.69) is 5.32 Å². The number of aryl methyl sites for hydroxylation is 1. The standard InChI is InChI=1S/C22H23NO6/c1-13-14(2)22(25)29-20-10-17(4-5-18(13)20)28-12-16(24)11-23-15-3-6-19-21(9-15)27-8-7-26-19/h3-6,9-10,16,23-24H,7-8,11-12H2,1-2H3/t16-/m1/s1. The summed E-state index contributed by atoms with van der Waals surface area (Å²) in [6.45, 7) is 5.11. The number of aliphatic hydroxyl groups excluding tert-OH is 1. The summed E-state index contributed by atoms with van der Waals surface area (Å²) in [5.41, 5.74) is 2.44. The molecule has 3 aromatic rings. The van der Waals surface area contributed by atoms with Crippen LogP contribution in [0.4, 0.5) is 5.69 Å². The van der Waals surface area contributed by atoms with Gasteiger partial charge in [-0.1, -0.05) is 0 Å². The van der Waals surface area contributed by atoms with Crippen LogP contribution < -0.4 is 25.2 Å². The van der Waals surface area contributed by atoms with Crippen LogP contribution in [0.15, 0.2) is 45.6 Å². The van der Waals surface area contributed by atoms with Gasteiger partial charge in [0.1, 0.15) is 37.3 Å². The number of aliphatic hydroxyl groups is 1. The zero-order valence-corrected chi connectivity index (χ0v) is 16.4. The van der Waals surface area contributed by atoms with E-state index in [4.69, 9.17) is 18.6 Å². The molecule has 0 aliphatic carbocycles. The molecular formula is C22H23NO6. The van der Waals surface area contributed by atoms with Crippen molar-refractivity contribution in [3.63, 3.8) is 0 Å². The number of anilines is 1. The van der Waals surface area contributed by atoms with Gasteiger partial charge in [-0.25, -0.2) is 4.79 Å². The first-order valence-electron chi connectivity index (χ1n) is 9.50. The molecule has 1 aliphatic heterocycles. The van der Waals surface area contributed by atoms with Gasteiger partial charge in [-0.15, -0.1) is 0 Å². The SMILES string of the molecule is Cc1c(C)c2ccc(OC[C@H](O)CNc3ccc4c(c3)OCCO4)cc2oc1=O. The minimum atomic E-state index is -0.731. The molecule has 0 saturated heterocycles. The molecule has 0 bridgehead atoms. The predicted octanol–water partition coefficient (Wildman–Crippen LogP) is 3.03. The summed E-state index contributed by atoms with van der Waals surface area (Å²) in [5.74, 6) is 1.94. The lowest BCUT2D eigenvalue weighted by Gasteiger charge is -2.20. The zero-order chi connectivity index (χ0) is 20.4. The Balaban J connectivity index is 1.35. The summed E-state index contributed by atoms with van der Waals surface area (Å²) in [6, 6.07) is 10.9. The molecule has 1 atom stereocenters. The van der Waals surface area contributed by atoms with E-state index < -0.39 is 6.10 Å². The van der Waals surface area contributed by atoms with Crippen LogP contribution in [0.5, 0.6) is 17.2 Å². The molecular weight excluding hydrogens is 374 g/mol. The minimum absolute atomic E-state index is 0.0954. The van der Waals surface area contributed by atoms with Gasteiger partial charge in [0.15, 0.2) is 11.5 Å². The molecule has 1 aromatic heterocycles. The van der Waals surface area contributed by atoms with Crippen LogP contribution in [0.3, 0.4) is 0 Å². The number of hydrogen-bond acceptors (Lipinski definition) is 7. The van der Waals surface area contributed by atoms with E-state index in [0.717, 1.165) is 22.4 Å². The van der Waals surface area contributed by atoms with Crippen molar-refractivity contribution in [2.75, 3.05) is 31.7 Å². The number of nitrogens with one attached hydrogen (secondary N) is 1. The van der Waals surface area contributed by atoms with E-state index in [9.17, 15) is 9.90 Å². The van der Waals surface area contributed by atoms with Crippen molar-refractivity contribution in [2.24, 2.45) is 0 Å². The summed E-state index contributed by atoms with van der Waals surface area (Å²) < 4.78 is 22.1. The third-order valence-electron chi connectivity index (χ3n) is 4.95. The summed E-state index contributed by atoms with van der Waals surface area (Å²) in [4.78, 5) is 11.9. The average molecular weight is 397 g/mol. The van der Waals surface area contributed by atoms with Gasteiger partial charge in [-0.05, 0) is 43.7 Å². The van der Waals surface area contributed by atoms with Crippen LogP contribution in [-0.4, -0.2) is 37.6 Å². The molecule has 0 unspecified atom stereocenters. The largest absolute Gasteiger partial charge is 0.491 e. The summed E-state index contributed by atoms with van der Waals surface area (Å²) >= 11 is 0. The third kappa shape index (κ3) is 4.14. The minimum Gasteiger partial charge on any atom is -0.491 e. The van der Waals surface area contributed by atoms with Crippen LogP contribution >= 0.6 is 0 Å². The second-order valence-corrected chi connectivity index (χ2v) is 7.00. The second-order valence-electron chi connectivity index (χ2n) is 7.00. The van der Waals surface area contributed by atoms with Gasteiger partial charge in [0.05, 0.1) is 0 Å². The lowest BCUT2D eigenvalue weighted by molar-refractivity contribution is 0.117. The number of rotatable bonds is 6. The Morgan fingerprint density at radius 3 is 2.69 bits per heavy atom. The van der Waals surface area contributed by atoms with Gasteiger partial charge in [0, 0.05) is 35.3 Å². The molecule has 2 N–H and O–H groups in total. The topological polar surface area (TPSA) is 90.2 Å². The lowest BCUT2D eigenvalue weighted by atomic mass is 10.1. The molecule has 2 heterocycles. The van der Waals surface area contributed by atoms with E-state index in [-0.39, 0.29) is 12.2 Å². The van der Waals surface area contributed by atoms with Crippen LogP contribution in [-0.2, 0) is 0 Å². The quantitative estimate of drug-likeness (QED) is 0.618. The van der Waals surface area contributed by atoms with Gasteiger partial charge < -0.3 is 29.1 Å². The second kappa shape index (κ2) is 8.05. The number of hydrogen-bond donors (Lipinski definition) is 2. The highest BCUT2D eigenvalue weighted by molar-refractivity contribution is 5.82. The fourth-order valence-electron chi connectivity index (χ4n) is 3.16. The number of ether oxygens (including phenoxy) is 3. The first-order valence-corrected chi connectivity index (χ1v) is 9.50. The Morgan fingerprint density at radius 2 is 1.86 bits per heavy atom. The van der Waals surface area contributed by atoms with Gasteiger partial charge in [-0.2, -0.15) is 0 Å². The molecule has 152 valence electrons. The molecule has 0 amide bonds. The Labute approximate surface area is 167 Å². The molecule has 7 nitrogen and oxygen atoms in total. The zero-order valence-electron chi connectivity index (χ0n) is 16.4. The number of fused-ring (bicyclic) bond motifs is 2. The van der Waals surface area contributed by atoms with Crippen molar-refractivity contribution >= 4 is 16.7 Å². The first-order chi connectivity index (χ1) is 14.0. The Morgan fingerprint density at radius 1 is 1.07 bits per heavy atom. The van der Waals surface area contributed by atoms with E-state index in [1.807, 2.05) is 31.2 Å². The monoisotopic (exact) mass is 397 g/mol. The van der Waals surface area contributed by atoms with Crippen LogP contribution in [0.25, 0.3) is 11.0 Å². The van der Waals surface area contributed by atoms with Gasteiger partial charge in [-0.3, -0.25) is 0 Å². The molecule has 2 aromatic carbocycles. The third-order valence-corrected chi connectivity index (χ3v) is 4.95. The Kier molecular flexibility index (Phi) is 5.31. The predicted molar refractivity (Wildman–Crippen MR) is 109 cm³/mol. The van der Waals surface area contributed by atoms with E-state index in [0.29, 0.717) is 42.4 Å². The molecule has 1 aliphatic rings. The Hall–Kier alpha value is -3.19. The smallest absolute Gasteiger partial charge is 0.339 e. The van der Waals surface area contributed by atoms with Gasteiger partial charge >= 0.3 is 5.63 Å². The van der Waals surface area contributed by atoms with Crippen molar-refractivity contribution in [3.8, 4) is 17.2 Å². The summed E-state index contributed by atoms with van der Waals surface area (Å²) in [5, 5.41) is 14.3. The van der Waals surface area contributed by atoms with Gasteiger partial charge in [0.25, 0.3) is 0 Å². The molecule has 0 spiro atoms. The average Bonchev–Trinajstić information content (AvgIpc) is 2.74. The van der Waals surface area contributed by atoms with Crippen LogP contribution in [0.1, 0.15) is 11.1 Å². The lowest BCUT2D eigenvalue weighted by Crippen LogP contribution is -2.26. The van der Waals surface area contributed by atoms with Crippen molar-refractivity contribution in [2.45, 2.75) is 20.0 Å². The Bertz CT molecular complexity index is 1090. The molecule has 0 saturated carbocycles. The highest BCUT2D eigenvalue weighted by Crippen LogP contribution is 2.32. The van der Waals surface area contributed by atoms with Crippen molar-refractivity contribution in [3.05, 3.63) is 57.9 Å².